The fourth-order valence-electron chi connectivity index (χ4n) is 4.22. The van der Waals surface area contributed by atoms with Gasteiger partial charge in [0.1, 0.15) is 19.0 Å². The Hall–Kier alpha value is -3.63. The minimum absolute atomic E-state index is 0.0443. The molecule has 0 bridgehead atoms. The van der Waals surface area contributed by atoms with Crippen molar-refractivity contribution < 1.29 is 28.6 Å². The van der Waals surface area contributed by atoms with E-state index in [1.165, 1.54) is 7.11 Å². The molecule has 4 amide bonds. The number of hydrogen-bond donors (Lipinski definition) is 2. The molecule has 2 N–H and O–H groups in total. The molecule has 10 heteroatoms. The molecule has 3 atom stereocenters. The first kappa shape index (κ1) is 27.9. The molecule has 0 aliphatic carbocycles. The van der Waals surface area contributed by atoms with E-state index in [0.29, 0.717) is 35.8 Å². The van der Waals surface area contributed by atoms with Gasteiger partial charge in [-0.05, 0) is 31.2 Å². The number of fused-ring (bicyclic) bond motifs is 1. The zero-order valence-electron chi connectivity index (χ0n) is 22.0. The van der Waals surface area contributed by atoms with Crippen LogP contribution in [0, 0.1) is 5.92 Å². The number of para-hydroxylation sites is 1. The van der Waals surface area contributed by atoms with Crippen LogP contribution < -0.4 is 15.4 Å². The Morgan fingerprint density at radius 3 is 2.41 bits per heavy atom. The summed E-state index contributed by atoms with van der Waals surface area (Å²) in [7, 11) is 4.79. The van der Waals surface area contributed by atoms with E-state index in [1.54, 1.807) is 54.3 Å². The molecular weight excluding hydrogens is 476 g/mol. The number of methoxy groups -OCH3 is 2. The number of carbonyl (C=O) groups is 3. The molecule has 37 heavy (non-hydrogen) atoms. The number of anilines is 2. The average Bonchev–Trinajstić information content (AvgIpc) is 2.88. The van der Waals surface area contributed by atoms with E-state index in [9.17, 15) is 14.4 Å². The number of carbonyl (C=O) groups excluding carboxylic acids is 3. The third kappa shape index (κ3) is 7.43. The maximum atomic E-state index is 13.3. The van der Waals surface area contributed by atoms with Crippen LogP contribution >= 0.6 is 0 Å². The Kier molecular flexibility index (Phi) is 9.87. The van der Waals surface area contributed by atoms with E-state index < -0.39 is 6.03 Å². The maximum Gasteiger partial charge on any atom is 0.323 e. The number of urea groups is 1. The molecule has 0 aromatic heterocycles. The smallest absolute Gasteiger partial charge is 0.323 e. The molecular formula is C27H36N4O6. The van der Waals surface area contributed by atoms with Gasteiger partial charge < -0.3 is 34.6 Å². The van der Waals surface area contributed by atoms with E-state index in [0.717, 1.165) is 0 Å². The van der Waals surface area contributed by atoms with Crippen molar-refractivity contribution in [2.24, 2.45) is 5.92 Å². The van der Waals surface area contributed by atoms with Gasteiger partial charge in [-0.2, -0.15) is 0 Å². The van der Waals surface area contributed by atoms with Crippen LogP contribution in [-0.4, -0.2) is 87.4 Å². The molecule has 1 heterocycles. The molecule has 0 spiro atoms. The van der Waals surface area contributed by atoms with Gasteiger partial charge >= 0.3 is 6.03 Å². The largest absolute Gasteiger partial charge is 0.491 e. The molecule has 0 saturated heterocycles. The van der Waals surface area contributed by atoms with Gasteiger partial charge in [-0.3, -0.25) is 9.59 Å². The normalized spacial score (nSPS) is 20.7. The van der Waals surface area contributed by atoms with Crippen LogP contribution in [0.1, 0.15) is 24.2 Å². The number of benzene rings is 2. The van der Waals surface area contributed by atoms with Crippen molar-refractivity contribution in [3.8, 4) is 5.75 Å². The number of nitrogens with one attached hydrogen (secondary N) is 2. The van der Waals surface area contributed by atoms with Crippen LogP contribution in [-0.2, 0) is 14.3 Å². The van der Waals surface area contributed by atoms with Gasteiger partial charge in [-0.25, -0.2) is 4.79 Å². The lowest BCUT2D eigenvalue weighted by molar-refractivity contribution is -0.139. The van der Waals surface area contributed by atoms with Crippen molar-refractivity contribution >= 4 is 29.2 Å². The van der Waals surface area contributed by atoms with Gasteiger partial charge in [-0.15, -0.1) is 0 Å². The minimum Gasteiger partial charge on any atom is -0.491 e. The van der Waals surface area contributed by atoms with Crippen molar-refractivity contribution in [1.29, 1.82) is 0 Å². The summed E-state index contributed by atoms with van der Waals surface area (Å²) in [6.07, 6.45) is -0.287. The summed E-state index contributed by atoms with van der Waals surface area (Å²) in [5.74, 6) is -0.125. The van der Waals surface area contributed by atoms with E-state index in [1.807, 2.05) is 32.0 Å². The molecule has 0 radical (unpaired) electrons. The van der Waals surface area contributed by atoms with Crippen LogP contribution in [0.4, 0.5) is 16.2 Å². The molecule has 2 aromatic carbocycles. The standard InChI is InChI=1S/C27H36N4O6/c1-18-14-31(25(32)17-35-4)19(2)16-37-23-13-21(29-27(34)28-20-9-7-6-8-10-20)11-12-22(23)26(33)30(3)15-24(18)36-5/h6-13,18-19,24H,14-17H2,1-5H3,(H2,28,29,34)/t18-,19+,24-/m0/s1. The first-order valence-electron chi connectivity index (χ1n) is 12.2. The Morgan fingerprint density at radius 2 is 1.73 bits per heavy atom. The molecule has 0 fully saturated rings. The zero-order valence-corrected chi connectivity index (χ0v) is 22.0. The second-order valence-electron chi connectivity index (χ2n) is 9.23. The molecule has 0 saturated carbocycles. The van der Waals surface area contributed by atoms with E-state index in [2.05, 4.69) is 10.6 Å². The van der Waals surface area contributed by atoms with Crippen LogP contribution in [0.5, 0.6) is 5.75 Å². The fraction of sp³-hybridized carbons (Fsp3) is 0.444. The van der Waals surface area contributed by atoms with E-state index >= 15 is 0 Å². The quantitative estimate of drug-likeness (QED) is 0.636. The Balaban J connectivity index is 1.89. The number of ether oxygens (including phenoxy) is 3. The fourth-order valence-corrected chi connectivity index (χ4v) is 4.22. The van der Waals surface area contributed by atoms with Gasteiger partial charge in [-0.1, -0.05) is 25.1 Å². The van der Waals surface area contributed by atoms with Crippen LogP contribution in [0.15, 0.2) is 48.5 Å². The predicted octanol–water partition coefficient (Wildman–Crippen LogP) is 3.31. The number of amides is 4. The monoisotopic (exact) mass is 512 g/mol. The van der Waals surface area contributed by atoms with Gasteiger partial charge in [0.25, 0.3) is 5.91 Å². The van der Waals surface area contributed by atoms with Crippen molar-refractivity contribution in [2.75, 3.05) is 58.2 Å². The number of hydrogen-bond acceptors (Lipinski definition) is 6. The highest BCUT2D eigenvalue weighted by molar-refractivity contribution is 6.01. The summed E-state index contributed by atoms with van der Waals surface area (Å²) in [4.78, 5) is 42.0. The van der Waals surface area contributed by atoms with Crippen LogP contribution in [0.3, 0.4) is 0 Å². The Bertz CT molecular complexity index is 1080. The van der Waals surface area contributed by atoms with Gasteiger partial charge in [0.05, 0.1) is 17.7 Å². The van der Waals surface area contributed by atoms with Crippen molar-refractivity contribution in [3.63, 3.8) is 0 Å². The molecule has 1 aliphatic rings. The summed E-state index contributed by atoms with van der Waals surface area (Å²) >= 11 is 0. The lowest BCUT2D eigenvalue weighted by atomic mass is 10.0. The average molecular weight is 513 g/mol. The second-order valence-corrected chi connectivity index (χ2v) is 9.23. The van der Waals surface area contributed by atoms with Crippen LogP contribution in [0.25, 0.3) is 0 Å². The molecule has 200 valence electrons. The van der Waals surface area contributed by atoms with E-state index in [-0.39, 0.29) is 43.1 Å². The highest BCUT2D eigenvalue weighted by Gasteiger charge is 2.30. The highest BCUT2D eigenvalue weighted by atomic mass is 16.5. The first-order chi connectivity index (χ1) is 17.7. The predicted molar refractivity (Wildman–Crippen MR) is 141 cm³/mol. The number of likely N-dealkylation sites (N-methyl/N-ethyl adjacent to an activating group) is 1. The van der Waals surface area contributed by atoms with Gasteiger partial charge in [0.2, 0.25) is 5.91 Å². The summed E-state index contributed by atoms with van der Waals surface area (Å²) in [5.41, 5.74) is 1.45. The highest BCUT2D eigenvalue weighted by Crippen LogP contribution is 2.27. The maximum absolute atomic E-state index is 13.3. The zero-order chi connectivity index (χ0) is 26.9. The third-order valence-corrected chi connectivity index (χ3v) is 6.32. The molecule has 0 unspecified atom stereocenters. The van der Waals surface area contributed by atoms with Crippen molar-refractivity contribution in [1.82, 2.24) is 9.80 Å². The topological polar surface area (TPSA) is 109 Å². The van der Waals surface area contributed by atoms with Crippen molar-refractivity contribution in [3.05, 3.63) is 54.1 Å². The Labute approximate surface area is 217 Å². The lowest BCUT2D eigenvalue weighted by Gasteiger charge is -2.36. The first-order valence-corrected chi connectivity index (χ1v) is 12.2. The summed E-state index contributed by atoms with van der Waals surface area (Å²) in [6.45, 7) is 4.72. The van der Waals surface area contributed by atoms with Crippen LogP contribution in [0.2, 0.25) is 0 Å². The third-order valence-electron chi connectivity index (χ3n) is 6.32. The SMILES string of the molecule is COCC(=O)N1C[C@H](C)[C@@H](OC)CN(C)C(=O)c2ccc(NC(=O)Nc3ccccc3)cc2OC[C@H]1C. The van der Waals surface area contributed by atoms with Gasteiger partial charge in [0, 0.05) is 57.7 Å². The summed E-state index contributed by atoms with van der Waals surface area (Å²) in [6, 6.07) is 13.2. The summed E-state index contributed by atoms with van der Waals surface area (Å²) in [5, 5.41) is 5.53. The molecule has 1 aliphatic heterocycles. The Morgan fingerprint density at radius 1 is 1.03 bits per heavy atom. The lowest BCUT2D eigenvalue weighted by Crippen LogP contribution is -2.49. The summed E-state index contributed by atoms with van der Waals surface area (Å²) < 4.78 is 16.9. The van der Waals surface area contributed by atoms with Gasteiger partial charge in [0.15, 0.2) is 0 Å². The second kappa shape index (κ2) is 13.1. The molecule has 3 rings (SSSR count). The minimum atomic E-state index is -0.427. The molecule has 10 nitrogen and oxygen atoms in total. The van der Waals surface area contributed by atoms with E-state index in [4.69, 9.17) is 14.2 Å². The number of nitrogens with zero attached hydrogens (tertiary/aromatic N) is 2. The van der Waals surface area contributed by atoms with Crippen molar-refractivity contribution in [2.45, 2.75) is 26.0 Å². The number of rotatable bonds is 5. The molecule has 2 aromatic rings.